The lowest BCUT2D eigenvalue weighted by Crippen LogP contribution is -2.52. The van der Waals surface area contributed by atoms with Gasteiger partial charge in [0.25, 0.3) is 0 Å². The summed E-state index contributed by atoms with van der Waals surface area (Å²) < 4.78 is 11.3. The van der Waals surface area contributed by atoms with E-state index in [0.29, 0.717) is 30.6 Å². The maximum atomic E-state index is 12.3. The van der Waals surface area contributed by atoms with Crippen molar-refractivity contribution in [2.75, 3.05) is 20.8 Å². The first kappa shape index (κ1) is 18.8. The highest BCUT2D eigenvalue weighted by Crippen LogP contribution is 2.54. The zero-order valence-electron chi connectivity index (χ0n) is 17.0. The van der Waals surface area contributed by atoms with E-state index in [0.717, 1.165) is 24.0 Å². The van der Waals surface area contributed by atoms with Gasteiger partial charge in [-0.25, -0.2) is 0 Å². The second-order valence-electron chi connectivity index (χ2n) is 8.51. The molecule has 4 rings (SSSR count). The minimum absolute atomic E-state index is 0.215. The molecule has 3 aliphatic rings. The lowest BCUT2D eigenvalue weighted by atomic mass is 9.65. The highest BCUT2D eigenvalue weighted by atomic mass is 16.5. The Morgan fingerprint density at radius 1 is 1.11 bits per heavy atom. The number of ketones is 1. The number of carbonyl (C=O) groups is 1. The molecule has 1 aromatic carbocycles. The van der Waals surface area contributed by atoms with Crippen molar-refractivity contribution < 1.29 is 14.3 Å². The molecule has 1 aliphatic carbocycles. The van der Waals surface area contributed by atoms with Crippen molar-refractivity contribution in [1.82, 2.24) is 4.90 Å². The van der Waals surface area contributed by atoms with E-state index in [1.165, 1.54) is 49.7 Å². The van der Waals surface area contributed by atoms with Gasteiger partial charge < -0.3 is 9.47 Å². The first-order chi connectivity index (χ1) is 13.2. The Morgan fingerprint density at radius 3 is 2.56 bits per heavy atom. The monoisotopic (exact) mass is 371 g/mol. The van der Waals surface area contributed by atoms with Crippen molar-refractivity contribution >= 4 is 5.78 Å². The van der Waals surface area contributed by atoms with Gasteiger partial charge in [0, 0.05) is 37.4 Å². The molecular formula is C23H33NO3. The van der Waals surface area contributed by atoms with E-state index in [1.807, 2.05) is 0 Å². The summed E-state index contributed by atoms with van der Waals surface area (Å²) in [6, 6.07) is 5.18. The van der Waals surface area contributed by atoms with Crippen LogP contribution in [0.25, 0.3) is 0 Å². The highest BCUT2D eigenvalue weighted by Gasteiger charge is 2.47. The molecule has 1 saturated heterocycles. The lowest BCUT2D eigenvalue weighted by molar-refractivity contribution is -0.125. The van der Waals surface area contributed by atoms with Crippen molar-refractivity contribution in [3.8, 4) is 11.5 Å². The number of Topliss-reactive ketones (excluding diaryl/α,β-unsaturated/α-hetero) is 1. The standard InChI is InChI=1S/C23H33NO3/c1-4-5-7-15-8-6-9-19-23(15)18-14-22(27-3)21(26-2)13-17(18)20-12-16(25)10-11-24(19)20/h13-15,19-20,23H,4-12H2,1-3H3. The Morgan fingerprint density at radius 2 is 1.85 bits per heavy atom. The fourth-order valence-corrected chi connectivity index (χ4v) is 5.90. The van der Waals surface area contributed by atoms with Gasteiger partial charge in [0.05, 0.1) is 14.2 Å². The second kappa shape index (κ2) is 7.83. The third-order valence-electron chi connectivity index (χ3n) is 7.13. The van der Waals surface area contributed by atoms with Crippen LogP contribution in [0.3, 0.4) is 0 Å². The summed E-state index contributed by atoms with van der Waals surface area (Å²) in [7, 11) is 3.42. The number of rotatable bonds is 5. The zero-order valence-corrected chi connectivity index (χ0v) is 17.0. The summed E-state index contributed by atoms with van der Waals surface area (Å²) in [6.07, 6.45) is 9.12. The van der Waals surface area contributed by atoms with E-state index in [2.05, 4.69) is 24.0 Å². The van der Waals surface area contributed by atoms with Gasteiger partial charge in [-0.3, -0.25) is 9.69 Å². The number of benzene rings is 1. The molecule has 4 atom stereocenters. The maximum Gasteiger partial charge on any atom is 0.161 e. The lowest BCUT2D eigenvalue weighted by Gasteiger charge is -2.53. The maximum absolute atomic E-state index is 12.3. The number of hydrogen-bond donors (Lipinski definition) is 0. The molecule has 1 saturated carbocycles. The number of fused-ring (bicyclic) bond motifs is 6. The number of piperidine rings is 1. The molecule has 4 nitrogen and oxygen atoms in total. The Balaban J connectivity index is 1.82. The number of unbranched alkanes of at least 4 members (excludes halogenated alkanes) is 1. The second-order valence-corrected chi connectivity index (χ2v) is 8.51. The molecular weight excluding hydrogens is 338 g/mol. The first-order valence-electron chi connectivity index (χ1n) is 10.7. The van der Waals surface area contributed by atoms with Gasteiger partial charge >= 0.3 is 0 Å². The Hall–Kier alpha value is -1.55. The smallest absolute Gasteiger partial charge is 0.161 e. The van der Waals surface area contributed by atoms with E-state index >= 15 is 0 Å². The van der Waals surface area contributed by atoms with Gasteiger partial charge in [-0.05, 0) is 48.4 Å². The van der Waals surface area contributed by atoms with Gasteiger partial charge in [0.2, 0.25) is 0 Å². The van der Waals surface area contributed by atoms with E-state index in [-0.39, 0.29) is 6.04 Å². The van der Waals surface area contributed by atoms with Crippen LogP contribution in [0.15, 0.2) is 12.1 Å². The van der Waals surface area contributed by atoms with E-state index < -0.39 is 0 Å². The minimum Gasteiger partial charge on any atom is -0.493 e. The van der Waals surface area contributed by atoms with Crippen molar-refractivity contribution in [3.05, 3.63) is 23.3 Å². The summed E-state index contributed by atoms with van der Waals surface area (Å²) in [6.45, 7) is 3.20. The van der Waals surface area contributed by atoms with Crippen molar-refractivity contribution in [2.24, 2.45) is 5.92 Å². The average Bonchev–Trinajstić information content (AvgIpc) is 2.70. The van der Waals surface area contributed by atoms with Crippen LogP contribution in [0.5, 0.6) is 11.5 Å². The average molecular weight is 372 g/mol. The largest absolute Gasteiger partial charge is 0.493 e. The number of carbonyl (C=O) groups excluding carboxylic acids is 1. The molecule has 4 unspecified atom stereocenters. The van der Waals surface area contributed by atoms with Crippen LogP contribution in [-0.4, -0.2) is 37.5 Å². The molecule has 4 heteroatoms. The Bertz CT molecular complexity index is 701. The third kappa shape index (κ3) is 3.26. The molecule has 0 bridgehead atoms. The van der Waals surface area contributed by atoms with Crippen LogP contribution in [-0.2, 0) is 4.79 Å². The minimum atomic E-state index is 0.215. The topological polar surface area (TPSA) is 38.8 Å². The number of ether oxygens (including phenoxy) is 2. The molecule has 27 heavy (non-hydrogen) atoms. The van der Waals surface area contributed by atoms with E-state index in [9.17, 15) is 4.79 Å². The van der Waals surface area contributed by atoms with E-state index in [1.54, 1.807) is 14.2 Å². The normalized spacial score (nSPS) is 30.3. The highest BCUT2D eigenvalue weighted by molar-refractivity contribution is 5.80. The van der Waals surface area contributed by atoms with Crippen molar-refractivity contribution in [2.45, 2.75) is 76.3 Å². The van der Waals surface area contributed by atoms with Crippen LogP contribution in [0.1, 0.15) is 81.4 Å². The molecule has 2 heterocycles. The van der Waals surface area contributed by atoms with Gasteiger partial charge in [-0.15, -0.1) is 0 Å². The summed E-state index contributed by atoms with van der Waals surface area (Å²) in [5.41, 5.74) is 2.74. The van der Waals surface area contributed by atoms with Crippen LogP contribution in [0.2, 0.25) is 0 Å². The Kier molecular flexibility index (Phi) is 5.45. The molecule has 2 aliphatic heterocycles. The van der Waals surface area contributed by atoms with Crippen molar-refractivity contribution in [1.29, 1.82) is 0 Å². The molecule has 1 aromatic rings. The van der Waals surface area contributed by atoms with Gasteiger partial charge in [0.1, 0.15) is 5.78 Å². The molecule has 0 radical (unpaired) electrons. The molecule has 148 valence electrons. The van der Waals surface area contributed by atoms with Gasteiger partial charge in [0.15, 0.2) is 11.5 Å². The third-order valence-corrected chi connectivity index (χ3v) is 7.13. The SMILES string of the molecule is CCCCC1CCCC2C1c1cc(OC)c(OC)cc1C1CC(=O)CCN12. The number of hydrogen-bond acceptors (Lipinski definition) is 4. The van der Waals surface area contributed by atoms with Gasteiger partial charge in [-0.2, -0.15) is 0 Å². The molecule has 2 fully saturated rings. The molecule has 0 aromatic heterocycles. The fraction of sp³-hybridized carbons (Fsp3) is 0.696. The molecule has 0 N–H and O–H groups in total. The quantitative estimate of drug-likeness (QED) is 0.740. The van der Waals surface area contributed by atoms with Gasteiger partial charge in [-0.1, -0.05) is 26.2 Å². The fourth-order valence-electron chi connectivity index (χ4n) is 5.90. The van der Waals surface area contributed by atoms with Crippen LogP contribution >= 0.6 is 0 Å². The predicted octanol–water partition coefficient (Wildman–Crippen LogP) is 4.87. The summed E-state index contributed by atoms with van der Waals surface area (Å²) in [4.78, 5) is 15.0. The molecule has 0 spiro atoms. The van der Waals surface area contributed by atoms with Crippen LogP contribution in [0.4, 0.5) is 0 Å². The summed E-state index contributed by atoms with van der Waals surface area (Å²) in [5, 5.41) is 0. The molecule has 0 amide bonds. The van der Waals surface area contributed by atoms with E-state index in [4.69, 9.17) is 9.47 Å². The Labute approximate surface area is 163 Å². The van der Waals surface area contributed by atoms with Crippen molar-refractivity contribution in [3.63, 3.8) is 0 Å². The van der Waals surface area contributed by atoms with Crippen LogP contribution < -0.4 is 9.47 Å². The van der Waals surface area contributed by atoms with Crippen LogP contribution in [0, 0.1) is 5.92 Å². The number of methoxy groups -OCH3 is 2. The predicted molar refractivity (Wildman–Crippen MR) is 107 cm³/mol. The summed E-state index contributed by atoms with van der Waals surface area (Å²) in [5.74, 6) is 3.30. The first-order valence-corrected chi connectivity index (χ1v) is 10.7. The summed E-state index contributed by atoms with van der Waals surface area (Å²) >= 11 is 0. The zero-order chi connectivity index (χ0) is 19.0. The number of nitrogens with zero attached hydrogens (tertiary/aromatic N) is 1.